The predicted molar refractivity (Wildman–Crippen MR) is 40.8 cm³/mol. The third-order valence-corrected chi connectivity index (χ3v) is 1.44. The van der Waals surface area contributed by atoms with E-state index in [-0.39, 0.29) is 5.92 Å². The Bertz CT molecular complexity index is 138. The van der Waals surface area contributed by atoms with E-state index in [1.165, 1.54) is 0 Å². The summed E-state index contributed by atoms with van der Waals surface area (Å²) in [4.78, 5) is 10.4. The average Bonchev–Trinajstić information content (AvgIpc) is 1.81. The van der Waals surface area contributed by atoms with Gasteiger partial charge >= 0.3 is 5.97 Å². The van der Waals surface area contributed by atoms with Crippen LogP contribution >= 0.6 is 0 Å². The van der Waals surface area contributed by atoms with Gasteiger partial charge in [-0.25, -0.2) is 0 Å². The minimum absolute atomic E-state index is 0.238. The van der Waals surface area contributed by atoms with Crippen LogP contribution in [0.5, 0.6) is 0 Å². The van der Waals surface area contributed by atoms with Crippen molar-refractivity contribution in [3.63, 3.8) is 0 Å². The lowest BCUT2D eigenvalue weighted by Gasteiger charge is -2.07. The van der Waals surface area contributed by atoms with Crippen LogP contribution in [0, 0.1) is 5.92 Å². The van der Waals surface area contributed by atoms with Gasteiger partial charge in [-0.1, -0.05) is 12.5 Å². The first kappa shape index (κ1) is 9.21. The second-order valence-electron chi connectivity index (χ2n) is 2.60. The van der Waals surface area contributed by atoms with Gasteiger partial charge in [0.05, 0.1) is 5.92 Å². The van der Waals surface area contributed by atoms with Crippen molar-refractivity contribution in [3.05, 3.63) is 12.2 Å². The van der Waals surface area contributed by atoms with E-state index >= 15 is 0 Å². The van der Waals surface area contributed by atoms with E-state index in [9.17, 15) is 4.79 Å². The van der Waals surface area contributed by atoms with Crippen molar-refractivity contribution < 1.29 is 9.90 Å². The molecule has 0 amide bonds. The van der Waals surface area contributed by atoms with Crippen molar-refractivity contribution in [1.29, 1.82) is 0 Å². The van der Waals surface area contributed by atoms with Gasteiger partial charge < -0.3 is 5.11 Å². The Morgan fingerprint density at radius 1 is 1.70 bits per heavy atom. The van der Waals surface area contributed by atoms with Crippen molar-refractivity contribution >= 4 is 5.97 Å². The van der Waals surface area contributed by atoms with Gasteiger partial charge in [0.15, 0.2) is 0 Å². The van der Waals surface area contributed by atoms with Crippen LogP contribution in [-0.4, -0.2) is 11.1 Å². The molecule has 0 bridgehead atoms. The fraction of sp³-hybridized carbons (Fsp3) is 0.625. The number of carboxylic acids is 1. The molecule has 0 saturated carbocycles. The van der Waals surface area contributed by atoms with E-state index in [1.807, 2.05) is 13.8 Å². The van der Waals surface area contributed by atoms with Crippen molar-refractivity contribution in [2.24, 2.45) is 5.92 Å². The zero-order valence-corrected chi connectivity index (χ0v) is 6.55. The molecule has 0 aromatic heterocycles. The highest BCUT2D eigenvalue weighted by Crippen LogP contribution is 2.12. The predicted octanol–water partition coefficient (Wildman–Crippen LogP) is 2.06. The molecule has 0 spiro atoms. The molecular formula is C8H14O2. The highest BCUT2D eigenvalue weighted by Gasteiger charge is 2.13. The van der Waals surface area contributed by atoms with E-state index in [0.29, 0.717) is 12.8 Å². The molecule has 58 valence electrons. The molecule has 0 aliphatic heterocycles. The number of carbonyl (C=O) groups is 1. The number of carboxylic acid groups (broad SMARTS) is 1. The first-order chi connectivity index (χ1) is 4.57. The third kappa shape index (κ3) is 3.28. The summed E-state index contributed by atoms with van der Waals surface area (Å²) in [6, 6.07) is 0. The van der Waals surface area contributed by atoms with Crippen LogP contribution in [0.15, 0.2) is 12.2 Å². The third-order valence-electron chi connectivity index (χ3n) is 1.44. The van der Waals surface area contributed by atoms with Gasteiger partial charge in [-0.15, -0.1) is 6.58 Å². The minimum Gasteiger partial charge on any atom is -0.481 e. The first-order valence-corrected chi connectivity index (χ1v) is 3.45. The van der Waals surface area contributed by atoms with Crippen molar-refractivity contribution in [2.45, 2.75) is 26.7 Å². The standard InChI is InChI=1S/C8H14O2/c1-4-7(8(9)10)5-6(2)3/h7H,2,4-5H2,1,3H3,(H,9,10). The maximum absolute atomic E-state index is 10.4. The largest absolute Gasteiger partial charge is 0.481 e. The number of hydrogen-bond acceptors (Lipinski definition) is 1. The fourth-order valence-electron chi connectivity index (χ4n) is 0.827. The molecule has 0 rings (SSSR count). The topological polar surface area (TPSA) is 37.3 Å². The lowest BCUT2D eigenvalue weighted by molar-refractivity contribution is -0.141. The molecule has 2 nitrogen and oxygen atoms in total. The summed E-state index contributed by atoms with van der Waals surface area (Å²) in [5.74, 6) is -0.956. The first-order valence-electron chi connectivity index (χ1n) is 3.45. The van der Waals surface area contributed by atoms with Crippen LogP contribution in [0.4, 0.5) is 0 Å². The van der Waals surface area contributed by atoms with Gasteiger partial charge in [-0.2, -0.15) is 0 Å². The van der Waals surface area contributed by atoms with Crippen molar-refractivity contribution in [1.82, 2.24) is 0 Å². The molecule has 0 aromatic rings. The number of hydrogen-bond donors (Lipinski definition) is 1. The molecule has 0 radical (unpaired) electrons. The summed E-state index contributed by atoms with van der Waals surface area (Å²) in [6.07, 6.45) is 1.29. The highest BCUT2D eigenvalue weighted by molar-refractivity contribution is 5.70. The normalized spacial score (nSPS) is 12.6. The van der Waals surface area contributed by atoms with E-state index < -0.39 is 5.97 Å². The van der Waals surface area contributed by atoms with Crippen LogP contribution in [0.3, 0.4) is 0 Å². The highest BCUT2D eigenvalue weighted by atomic mass is 16.4. The van der Waals surface area contributed by atoms with Crippen LogP contribution in [0.1, 0.15) is 26.7 Å². The SMILES string of the molecule is C=C(C)CC(CC)C(=O)O. The van der Waals surface area contributed by atoms with Gasteiger partial charge in [-0.3, -0.25) is 4.79 Å². The molecule has 0 heterocycles. The minimum atomic E-state index is -0.717. The summed E-state index contributed by atoms with van der Waals surface area (Å²) in [7, 11) is 0. The van der Waals surface area contributed by atoms with Gasteiger partial charge in [0.25, 0.3) is 0 Å². The van der Waals surface area contributed by atoms with Crippen molar-refractivity contribution in [3.8, 4) is 0 Å². The Morgan fingerprint density at radius 3 is 2.30 bits per heavy atom. The number of aliphatic carboxylic acids is 1. The maximum atomic E-state index is 10.4. The van der Waals surface area contributed by atoms with Crippen LogP contribution in [-0.2, 0) is 4.79 Å². The molecule has 0 fully saturated rings. The molecule has 0 saturated heterocycles. The summed E-state index contributed by atoms with van der Waals surface area (Å²) in [6.45, 7) is 7.39. The lowest BCUT2D eigenvalue weighted by Crippen LogP contribution is -2.12. The van der Waals surface area contributed by atoms with Gasteiger partial charge in [-0.05, 0) is 19.8 Å². The Labute approximate surface area is 61.6 Å². The number of allylic oxidation sites excluding steroid dienone is 1. The molecule has 0 aromatic carbocycles. The Morgan fingerprint density at radius 2 is 2.20 bits per heavy atom. The second-order valence-corrected chi connectivity index (χ2v) is 2.60. The molecule has 2 heteroatoms. The smallest absolute Gasteiger partial charge is 0.306 e. The lowest BCUT2D eigenvalue weighted by atomic mass is 9.99. The molecule has 1 N–H and O–H groups in total. The molecule has 0 aliphatic rings. The van der Waals surface area contributed by atoms with Crippen LogP contribution < -0.4 is 0 Å². The molecule has 1 unspecified atom stereocenters. The Balaban J connectivity index is 3.83. The zero-order chi connectivity index (χ0) is 8.15. The van der Waals surface area contributed by atoms with E-state index in [0.717, 1.165) is 5.57 Å². The molecule has 10 heavy (non-hydrogen) atoms. The van der Waals surface area contributed by atoms with Gasteiger partial charge in [0.2, 0.25) is 0 Å². The summed E-state index contributed by atoms with van der Waals surface area (Å²) in [5.41, 5.74) is 0.939. The van der Waals surface area contributed by atoms with Crippen LogP contribution in [0.25, 0.3) is 0 Å². The van der Waals surface area contributed by atoms with Crippen molar-refractivity contribution in [2.75, 3.05) is 0 Å². The summed E-state index contributed by atoms with van der Waals surface area (Å²) < 4.78 is 0. The molecule has 1 atom stereocenters. The maximum Gasteiger partial charge on any atom is 0.306 e. The fourth-order valence-corrected chi connectivity index (χ4v) is 0.827. The second kappa shape index (κ2) is 4.09. The van der Waals surface area contributed by atoms with E-state index in [1.54, 1.807) is 0 Å². The quantitative estimate of drug-likeness (QED) is 0.610. The van der Waals surface area contributed by atoms with Gasteiger partial charge in [0, 0.05) is 0 Å². The Hall–Kier alpha value is -0.790. The number of rotatable bonds is 4. The van der Waals surface area contributed by atoms with Gasteiger partial charge in [0.1, 0.15) is 0 Å². The summed E-state index contributed by atoms with van der Waals surface area (Å²) >= 11 is 0. The zero-order valence-electron chi connectivity index (χ0n) is 6.55. The monoisotopic (exact) mass is 142 g/mol. The van der Waals surface area contributed by atoms with Crippen LogP contribution in [0.2, 0.25) is 0 Å². The average molecular weight is 142 g/mol. The van der Waals surface area contributed by atoms with E-state index in [4.69, 9.17) is 5.11 Å². The Kier molecular flexibility index (Phi) is 3.77. The summed E-state index contributed by atoms with van der Waals surface area (Å²) in [5, 5.41) is 8.58. The molecule has 0 aliphatic carbocycles. The molecular weight excluding hydrogens is 128 g/mol. The van der Waals surface area contributed by atoms with E-state index in [2.05, 4.69) is 6.58 Å².